The lowest BCUT2D eigenvalue weighted by atomic mass is 10.2. The summed E-state index contributed by atoms with van der Waals surface area (Å²) in [4.78, 5) is 13.6. The maximum atomic E-state index is 11.8. The number of morpholine rings is 1. The van der Waals surface area contributed by atoms with E-state index in [-0.39, 0.29) is 11.9 Å². The Morgan fingerprint density at radius 2 is 2.47 bits per heavy atom. The molecule has 1 amide bonds. The molecule has 0 aromatic carbocycles. The number of carbonyl (C=O) groups is 1. The lowest BCUT2D eigenvalue weighted by Crippen LogP contribution is -2.52. The molecule has 0 bridgehead atoms. The molecule has 2 N–H and O–H groups in total. The molecule has 0 aromatic heterocycles. The van der Waals surface area contributed by atoms with Crippen LogP contribution in [0, 0.1) is 0 Å². The zero-order valence-electron chi connectivity index (χ0n) is 9.28. The number of nitrogens with two attached hydrogens (primary N) is 1. The van der Waals surface area contributed by atoms with Gasteiger partial charge in [-0.2, -0.15) is 0 Å². The van der Waals surface area contributed by atoms with Crippen molar-refractivity contribution in [3.8, 4) is 0 Å². The minimum atomic E-state index is 0.0351. The molecule has 0 saturated carbocycles. The van der Waals surface area contributed by atoms with Crippen LogP contribution in [0.4, 0.5) is 0 Å². The predicted molar refractivity (Wildman–Crippen MR) is 56.5 cm³/mol. The maximum absolute atomic E-state index is 11.8. The number of nitrogens with zero attached hydrogens (tertiary/aromatic N) is 1. The van der Waals surface area contributed by atoms with Gasteiger partial charge in [0.15, 0.2) is 0 Å². The molecule has 1 atom stereocenters. The van der Waals surface area contributed by atoms with E-state index >= 15 is 0 Å². The van der Waals surface area contributed by atoms with Gasteiger partial charge in [-0.05, 0) is 6.92 Å². The number of ether oxygens (including phenoxy) is 2. The van der Waals surface area contributed by atoms with Gasteiger partial charge in [0.25, 0.3) is 0 Å². The summed E-state index contributed by atoms with van der Waals surface area (Å²) in [6.45, 7) is 5.32. The smallest absolute Gasteiger partial charge is 0.225 e. The van der Waals surface area contributed by atoms with Crippen molar-refractivity contribution in [2.45, 2.75) is 19.4 Å². The van der Waals surface area contributed by atoms with Gasteiger partial charge in [0.1, 0.15) is 0 Å². The Bertz CT molecular complexity index is 199. The Morgan fingerprint density at radius 3 is 3.13 bits per heavy atom. The van der Waals surface area contributed by atoms with Crippen LogP contribution in [0.25, 0.3) is 0 Å². The monoisotopic (exact) mass is 216 g/mol. The fraction of sp³-hybridized carbons (Fsp3) is 0.900. The van der Waals surface area contributed by atoms with Crippen LogP contribution in [-0.2, 0) is 14.3 Å². The molecule has 1 rings (SSSR count). The number of amides is 1. The third kappa shape index (κ3) is 3.77. The fourth-order valence-corrected chi connectivity index (χ4v) is 1.63. The van der Waals surface area contributed by atoms with E-state index in [1.807, 2.05) is 11.8 Å². The van der Waals surface area contributed by atoms with E-state index in [9.17, 15) is 4.79 Å². The summed E-state index contributed by atoms with van der Waals surface area (Å²) in [5.41, 5.74) is 5.58. The van der Waals surface area contributed by atoms with Crippen molar-refractivity contribution in [1.82, 2.24) is 4.90 Å². The highest BCUT2D eigenvalue weighted by atomic mass is 16.5. The fourth-order valence-electron chi connectivity index (χ4n) is 1.63. The molecule has 88 valence electrons. The van der Waals surface area contributed by atoms with E-state index in [2.05, 4.69) is 0 Å². The Hall–Kier alpha value is -0.650. The second kappa shape index (κ2) is 6.76. The van der Waals surface area contributed by atoms with Crippen LogP contribution >= 0.6 is 0 Å². The Labute approximate surface area is 90.5 Å². The lowest BCUT2D eigenvalue weighted by Gasteiger charge is -2.34. The van der Waals surface area contributed by atoms with Crippen LogP contribution in [0.15, 0.2) is 0 Å². The van der Waals surface area contributed by atoms with Gasteiger partial charge in [0.2, 0.25) is 5.91 Å². The molecule has 5 heteroatoms. The van der Waals surface area contributed by atoms with Gasteiger partial charge in [0, 0.05) is 19.7 Å². The first-order valence-electron chi connectivity index (χ1n) is 5.44. The minimum Gasteiger partial charge on any atom is -0.381 e. The molecule has 1 aliphatic heterocycles. The molecule has 1 fully saturated rings. The highest BCUT2D eigenvalue weighted by Gasteiger charge is 2.25. The molecule has 1 aliphatic rings. The normalized spacial score (nSPS) is 21.7. The molecule has 1 unspecified atom stereocenters. The van der Waals surface area contributed by atoms with E-state index in [0.29, 0.717) is 45.9 Å². The third-order valence-corrected chi connectivity index (χ3v) is 2.48. The van der Waals surface area contributed by atoms with Crippen LogP contribution < -0.4 is 5.73 Å². The van der Waals surface area contributed by atoms with E-state index in [4.69, 9.17) is 15.2 Å². The number of carbonyl (C=O) groups excluding carboxylic acids is 1. The number of rotatable bonds is 5. The second-order valence-corrected chi connectivity index (χ2v) is 3.50. The van der Waals surface area contributed by atoms with Crippen LogP contribution in [0.3, 0.4) is 0 Å². The Morgan fingerprint density at radius 1 is 1.67 bits per heavy atom. The zero-order valence-corrected chi connectivity index (χ0v) is 9.28. The number of hydrogen-bond acceptors (Lipinski definition) is 4. The summed E-state index contributed by atoms with van der Waals surface area (Å²) in [5, 5.41) is 0. The average Bonchev–Trinajstić information content (AvgIpc) is 2.29. The van der Waals surface area contributed by atoms with Crippen molar-refractivity contribution in [3.63, 3.8) is 0 Å². The van der Waals surface area contributed by atoms with Crippen molar-refractivity contribution in [1.29, 1.82) is 0 Å². The summed E-state index contributed by atoms with van der Waals surface area (Å²) in [5.74, 6) is 0.113. The molecule has 1 heterocycles. The minimum absolute atomic E-state index is 0.0351. The summed E-state index contributed by atoms with van der Waals surface area (Å²) < 4.78 is 10.4. The molecule has 5 nitrogen and oxygen atoms in total. The van der Waals surface area contributed by atoms with Crippen LogP contribution in [-0.4, -0.2) is 56.4 Å². The molecule has 0 aliphatic carbocycles. The van der Waals surface area contributed by atoms with Gasteiger partial charge in [-0.3, -0.25) is 4.79 Å². The van der Waals surface area contributed by atoms with Crippen LogP contribution in [0.2, 0.25) is 0 Å². The van der Waals surface area contributed by atoms with Crippen molar-refractivity contribution in [2.75, 3.05) is 39.5 Å². The van der Waals surface area contributed by atoms with Crippen molar-refractivity contribution in [3.05, 3.63) is 0 Å². The number of hydrogen-bond donors (Lipinski definition) is 1. The highest BCUT2D eigenvalue weighted by molar-refractivity contribution is 5.76. The van der Waals surface area contributed by atoms with Crippen molar-refractivity contribution >= 4 is 5.91 Å². The van der Waals surface area contributed by atoms with E-state index in [1.165, 1.54) is 0 Å². The van der Waals surface area contributed by atoms with Gasteiger partial charge in [0.05, 0.1) is 32.3 Å². The second-order valence-electron chi connectivity index (χ2n) is 3.50. The molecular formula is C10H20N2O3. The summed E-state index contributed by atoms with van der Waals surface area (Å²) in [6.07, 6.45) is 0.435. The quantitative estimate of drug-likeness (QED) is 0.635. The molecule has 1 saturated heterocycles. The molecule has 0 radical (unpaired) electrons. The van der Waals surface area contributed by atoms with E-state index < -0.39 is 0 Å². The summed E-state index contributed by atoms with van der Waals surface area (Å²) in [7, 11) is 0. The first-order chi connectivity index (χ1) is 7.29. The van der Waals surface area contributed by atoms with Gasteiger partial charge >= 0.3 is 0 Å². The SMILES string of the molecule is CCOCCC(=O)N1CCOCC1CN. The standard InChI is InChI=1S/C10H20N2O3/c1-2-14-5-3-10(13)12-4-6-15-8-9(12)7-11/h9H,2-8,11H2,1H3. The first kappa shape index (κ1) is 12.4. The Balaban J connectivity index is 2.34. The van der Waals surface area contributed by atoms with Crippen LogP contribution in [0.5, 0.6) is 0 Å². The average molecular weight is 216 g/mol. The van der Waals surface area contributed by atoms with Crippen LogP contribution in [0.1, 0.15) is 13.3 Å². The highest BCUT2D eigenvalue weighted by Crippen LogP contribution is 2.07. The summed E-state index contributed by atoms with van der Waals surface area (Å²) in [6, 6.07) is 0.0351. The zero-order chi connectivity index (χ0) is 11.1. The molecule has 0 spiro atoms. The topological polar surface area (TPSA) is 64.8 Å². The van der Waals surface area contributed by atoms with Gasteiger partial charge in [-0.25, -0.2) is 0 Å². The van der Waals surface area contributed by atoms with Gasteiger partial charge in [-0.1, -0.05) is 0 Å². The lowest BCUT2D eigenvalue weighted by molar-refractivity contribution is -0.140. The largest absolute Gasteiger partial charge is 0.381 e. The molecule has 15 heavy (non-hydrogen) atoms. The maximum Gasteiger partial charge on any atom is 0.225 e. The first-order valence-corrected chi connectivity index (χ1v) is 5.44. The van der Waals surface area contributed by atoms with Crippen molar-refractivity contribution < 1.29 is 14.3 Å². The summed E-state index contributed by atoms with van der Waals surface area (Å²) >= 11 is 0. The van der Waals surface area contributed by atoms with Gasteiger partial charge in [-0.15, -0.1) is 0 Å². The van der Waals surface area contributed by atoms with Crippen molar-refractivity contribution in [2.24, 2.45) is 5.73 Å². The molecule has 0 aromatic rings. The Kier molecular flexibility index (Phi) is 5.60. The predicted octanol–water partition coefficient (Wildman–Crippen LogP) is -0.401. The van der Waals surface area contributed by atoms with E-state index in [0.717, 1.165) is 0 Å². The van der Waals surface area contributed by atoms with Gasteiger partial charge < -0.3 is 20.1 Å². The van der Waals surface area contributed by atoms with E-state index in [1.54, 1.807) is 0 Å². The third-order valence-electron chi connectivity index (χ3n) is 2.48. The molecular weight excluding hydrogens is 196 g/mol.